The monoisotopic (exact) mass is 315 g/mol. The molecule has 0 aromatic heterocycles. The second-order valence-corrected chi connectivity index (χ2v) is 4.89. The summed E-state index contributed by atoms with van der Waals surface area (Å²) in [5, 5.41) is 1.98. The van der Waals surface area contributed by atoms with Gasteiger partial charge in [-0.1, -0.05) is 18.2 Å². The van der Waals surface area contributed by atoms with E-state index in [1.165, 1.54) is 19.1 Å². The number of halogens is 3. The Labute approximate surface area is 123 Å². The molecule has 1 fully saturated rings. The zero-order chi connectivity index (χ0) is 16.5. The van der Waals surface area contributed by atoms with Crippen molar-refractivity contribution in [1.29, 1.82) is 0 Å². The van der Waals surface area contributed by atoms with E-state index in [9.17, 15) is 27.6 Å². The Morgan fingerprint density at radius 1 is 1.36 bits per heavy atom. The van der Waals surface area contributed by atoms with Crippen LogP contribution in [0.3, 0.4) is 0 Å². The van der Waals surface area contributed by atoms with Crippen LogP contribution in [0, 0.1) is 0 Å². The number of carbonyl (C=O) groups excluding carboxylic acids is 3. The Balaban J connectivity index is 2.11. The fourth-order valence-corrected chi connectivity index (χ4v) is 1.99. The fourth-order valence-electron chi connectivity index (χ4n) is 1.99. The van der Waals surface area contributed by atoms with Crippen molar-refractivity contribution in [3.63, 3.8) is 0 Å². The van der Waals surface area contributed by atoms with E-state index < -0.39 is 41.5 Å². The molecule has 1 aromatic carbocycles. The number of imide groups is 1. The van der Waals surface area contributed by atoms with Gasteiger partial charge in [0.25, 0.3) is 5.91 Å². The van der Waals surface area contributed by atoms with Crippen molar-refractivity contribution < 1.29 is 32.3 Å². The van der Waals surface area contributed by atoms with Crippen molar-refractivity contribution in [3.8, 4) is 0 Å². The van der Waals surface area contributed by atoms with Gasteiger partial charge in [-0.05, 0) is 18.6 Å². The minimum absolute atomic E-state index is 0.115. The first-order valence-corrected chi connectivity index (χ1v) is 6.40. The third-order valence-electron chi connectivity index (χ3n) is 3.25. The molecular weight excluding hydrogens is 303 g/mol. The summed E-state index contributed by atoms with van der Waals surface area (Å²) < 4.78 is 42.8. The van der Waals surface area contributed by atoms with Gasteiger partial charge < -0.3 is 4.74 Å². The van der Waals surface area contributed by atoms with E-state index in [1.54, 1.807) is 0 Å². The van der Waals surface area contributed by atoms with Crippen molar-refractivity contribution in [2.24, 2.45) is 0 Å². The van der Waals surface area contributed by atoms with E-state index in [0.717, 1.165) is 12.1 Å². The molecule has 2 unspecified atom stereocenters. The van der Waals surface area contributed by atoms with Crippen LogP contribution in [0.5, 0.6) is 0 Å². The summed E-state index contributed by atoms with van der Waals surface area (Å²) in [6, 6.07) is 4.30. The molecule has 1 aliphatic rings. The van der Waals surface area contributed by atoms with Gasteiger partial charge in [0, 0.05) is 0 Å². The number of hydrogen-bond acceptors (Lipinski definition) is 4. The largest absolute Gasteiger partial charge is 0.451 e. The second kappa shape index (κ2) is 5.78. The van der Waals surface area contributed by atoms with Crippen molar-refractivity contribution >= 4 is 17.8 Å². The molecule has 8 heteroatoms. The minimum atomic E-state index is -4.52. The van der Waals surface area contributed by atoms with Gasteiger partial charge in [-0.2, -0.15) is 13.2 Å². The summed E-state index contributed by atoms with van der Waals surface area (Å²) in [7, 11) is 0. The molecule has 1 N–H and O–H groups in total. The molecular formula is C14H12F3NO4. The van der Waals surface area contributed by atoms with Gasteiger partial charge in [0.1, 0.15) is 0 Å². The lowest BCUT2D eigenvalue weighted by atomic mass is 9.99. The molecule has 0 aliphatic carbocycles. The number of amides is 2. The molecule has 0 spiro atoms. The SMILES string of the molecule is CC(C(=O)OC1CC(=O)NC1=O)c1cccc(C(F)(F)F)c1. The Bertz CT molecular complexity index is 627. The first-order valence-electron chi connectivity index (χ1n) is 6.40. The number of rotatable bonds is 3. The third-order valence-corrected chi connectivity index (χ3v) is 3.25. The molecule has 0 radical (unpaired) electrons. The van der Waals surface area contributed by atoms with E-state index in [1.807, 2.05) is 5.32 Å². The molecule has 118 valence electrons. The van der Waals surface area contributed by atoms with E-state index in [4.69, 9.17) is 4.74 Å². The number of carbonyl (C=O) groups is 3. The highest BCUT2D eigenvalue weighted by Gasteiger charge is 2.35. The van der Waals surface area contributed by atoms with Gasteiger partial charge in [0.05, 0.1) is 17.9 Å². The van der Waals surface area contributed by atoms with Gasteiger partial charge in [-0.3, -0.25) is 19.7 Å². The number of nitrogens with one attached hydrogen (secondary N) is 1. The number of benzene rings is 1. The highest BCUT2D eigenvalue weighted by molar-refractivity contribution is 6.05. The first-order chi connectivity index (χ1) is 10.2. The summed E-state index contributed by atoms with van der Waals surface area (Å²) in [6.45, 7) is 1.37. The van der Waals surface area contributed by atoms with Crippen molar-refractivity contribution in [2.45, 2.75) is 31.5 Å². The molecule has 1 aliphatic heterocycles. The van der Waals surface area contributed by atoms with Gasteiger partial charge >= 0.3 is 12.1 Å². The topological polar surface area (TPSA) is 72.5 Å². The number of alkyl halides is 3. The highest BCUT2D eigenvalue weighted by atomic mass is 19.4. The predicted octanol–water partition coefficient (Wildman–Crippen LogP) is 1.77. The average Bonchev–Trinajstić information content (AvgIpc) is 2.75. The lowest BCUT2D eigenvalue weighted by molar-refractivity contribution is -0.155. The molecule has 1 aromatic rings. The first kappa shape index (κ1) is 16.0. The van der Waals surface area contributed by atoms with Crippen LogP contribution >= 0.6 is 0 Å². The van der Waals surface area contributed by atoms with E-state index >= 15 is 0 Å². The maximum atomic E-state index is 12.6. The Kier molecular flexibility index (Phi) is 4.20. The molecule has 1 heterocycles. The zero-order valence-corrected chi connectivity index (χ0v) is 11.4. The van der Waals surface area contributed by atoms with Crippen molar-refractivity contribution in [2.75, 3.05) is 0 Å². The molecule has 1 saturated heterocycles. The Morgan fingerprint density at radius 2 is 2.05 bits per heavy atom. The van der Waals surface area contributed by atoms with Crippen LogP contribution in [0.4, 0.5) is 13.2 Å². The minimum Gasteiger partial charge on any atom is -0.451 e. The lowest BCUT2D eigenvalue weighted by Gasteiger charge is -2.15. The smallest absolute Gasteiger partial charge is 0.416 e. The van der Waals surface area contributed by atoms with Gasteiger partial charge in [0.15, 0.2) is 6.10 Å². The van der Waals surface area contributed by atoms with Crippen LogP contribution in [-0.4, -0.2) is 23.9 Å². The number of esters is 1. The molecule has 22 heavy (non-hydrogen) atoms. The quantitative estimate of drug-likeness (QED) is 0.681. The molecule has 2 rings (SSSR count). The summed E-state index contributed by atoms with van der Waals surface area (Å²) in [6.07, 6.45) is -6.02. The van der Waals surface area contributed by atoms with Crippen LogP contribution in [0.2, 0.25) is 0 Å². The fraction of sp³-hybridized carbons (Fsp3) is 0.357. The maximum absolute atomic E-state index is 12.6. The summed E-state index contributed by atoms with van der Waals surface area (Å²) >= 11 is 0. The van der Waals surface area contributed by atoms with Crippen molar-refractivity contribution in [3.05, 3.63) is 35.4 Å². The van der Waals surface area contributed by atoms with E-state index in [0.29, 0.717) is 0 Å². The summed E-state index contributed by atoms with van der Waals surface area (Å²) in [5.41, 5.74) is -0.761. The molecule has 2 atom stereocenters. The number of ether oxygens (including phenoxy) is 1. The Morgan fingerprint density at radius 3 is 2.59 bits per heavy atom. The zero-order valence-electron chi connectivity index (χ0n) is 11.4. The second-order valence-electron chi connectivity index (χ2n) is 4.89. The Hall–Kier alpha value is -2.38. The van der Waals surface area contributed by atoms with E-state index in [2.05, 4.69) is 0 Å². The van der Waals surface area contributed by atoms with E-state index in [-0.39, 0.29) is 12.0 Å². The average molecular weight is 315 g/mol. The van der Waals surface area contributed by atoms with Crippen LogP contribution in [0.1, 0.15) is 30.4 Å². The highest BCUT2D eigenvalue weighted by Crippen LogP contribution is 2.31. The lowest BCUT2D eigenvalue weighted by Crippen LogP contribution is -2.29. The molecule has 0 bridgehead atoms. The molecule has 2 amide bonds. The molecule has 0 saturated carbocycles. The van der Waals surface area contributed by atoms with Crippen LogP contribution in [-0.2, 0) is 25.3 Å². The van der Waals surface area contributed by atoms with Gasteiger partial charge in [-0.25, -0.2) is 0 Å². The number of hydrogen-bond donors (Lipinski definition) is 1. The third kappa shape index (κ3) is 3.44. The molecule has 5 nitrogen and oxygen atoms in total. The predicted molar refractivity (Wildman–Crippen MR) is 67.5 cm³/mol. The van der Waals surface area contributed by atoms with Crippen LogP contribution in [0.15, 0.2) is 24.3 Å². The van der Waals surface area contributed by atoms with Crippen molar-refractivity contribution in [1.82, 2.24) is 5.32 Å². The van der Waals surface area contributed by atoms with Gasteiger partial charge in [-0.15, -0.1) is 0 Å². The summed E-state index contributed by atoms with van der Waals surface area (Å²) in [5.74, 6) is -3.15. The summed E-state index contributed by atoms with van der Waals surface area (Å²) in [4.78, 5) is 34.2. The van der Waals surface area contributed by atoms with Crippen LogP contribution in [0.25, 0.3) is 0 Å². The van der Waals surface area contributed by atoms with Crippen LogP contribution < -0.4 is 5.32 Å². The standard InChI is InChI=1S/C14H12F3NO4/c1-7(8-3-2-4-9(5-8)14(15,16)17)13(21)22-10-6-11(19)18-12(10)20/h2-5,7,10H,6H2,1H3,(H,18,19,20). The van der Waals surface area contributed by atoms with Gasteiger partial charge in [0.2, 0.25) is 5.91 Å². The normalized spacial score (nSPS) is 19.7. The maximum Gasteiger partial charge on any atom is 0.416 e.